The number of carbonyl (C=O) groups excluding carboxylic acids is 2. The molecule has 3 heterocycles. The molecule has 1 aliphatic rings. The van der Waals surface area contributed by atoms with Crippen LogP contribution >= 0.6 is 0 Å². The van der Waals surface area contributed by atoms with Crippen LogP contribution in [0.2, 0.25) is 0 Å². The highest BCUT2D eigenvalue weighted by Crippen LogP contribution is 2.36. The number of rotatable bonds is 4. The quantitative estimate of drug-likeness (QED) is 0.263. The molecule has 2 atom stereocenters. The largest absolute Gasteiger partial charge is 0.459 e. The lowest BCUT2D eigenvalue weighted by molar-refractivity contribution is -0.158. The first kappa shape index (κ1) is 28.2. The lowest BCUT2D eigenvalue weighted by atomic mass is 9.89. The fourth-order valence-electron chi connectivity index (χ4n) is 4.80. The zero-order valence-corrected chi connectivity index (χ0v) is 22.9. The Morgan fingerprint density at radius 3 is 2.59 bits per heavy atom. The zero-order valence-electron chi connectivity index (χ0n) is 22.9. The number of aromatic nitrogens is 2. The normalized spacial score (nSPS) is 17.1. The second kappa shape index (κ2) is 10.5. The molecule has 0 aliphatic carbocycles. The number of ether oxygens (including phenoxy) is 2. The molecule has 0 radical (unpaired) electrons. The number of nitrogens with one attached hydrogen (secondary N) is 2. The monoisotopic (exact) mass is 566 g/mol. The van der Waals surface area contributed by atoms with Gasteiger partial charge in [-0.15, -0.1) is 0 Å². The van der Waals surface area contributed by atoms with E-state index >= 15 is 0 Å². The third kappa shape index (κ3) is 6.04. The Balaban J connectivity index is 1.33. The second-order valence-electron chi connectivity index (χ2n) is 10.9. The summed E-state index contributed by atoms with van der Waals surface area (Å²) in [5.41, 5.74) is 0.708. The number of esters is 1. The smallest absolute Gasteiger partial charge is 0.416 e. The zero-order chi connectivity index (χ0) is 29.5. The fourth-order valence-corrected chi connectivity index (χ4v) is 4.80. The van der Waals surface area contributed by atoms with E-state index in [0.29, 0.717) is 28.9 Å². The Bertz CT molecular complexity index is 1620. The Labute approximate surface area is 234 Å². The van der Waals surface area contributed by atoms with Gasteiger partial charge in [-0.05, 0) is 69.3 Å². The average Bonchev–Trinajstić information content (AvgIpc) is 3.31. The number of halogens is 3. The van der Waals surface area contributed by atoms with Gasteiger partial charge in [0.15, 0.2) is 0 Å². The highest BCUT2D eigenvalue weighted by molar-refractivity contribution is 5.98. The van der Waals surface area contributed by atoms with E-state index in [0.717, 1.165) is 23.4 Å². The van der Waals surface area contributed by atoms with Gasteiger partial charge in [-0.2, -0.15) is 13.2 Å². The summed E-state index contributed by atoms with van der Waals surface area (Å²) in [6.45, 7) is 7.75. The van der Waals surface area contributed by atoms with Crippen molar-refractivity contribution in [1.82, 2.24) is 14.9 Å². The summed E-state index contributed by atoms with van der Waals surface area (Å²) < 4.78 is 52.2. The minimum Gasteiger partial charge on any atom is -0.459 e. The Morgan fingerprint density at radius 2 is 1.85 bits per heavy atom. The van der Waals surface area contributed by atoms with E-state index in [1.165, 1.54) is 22.9 Å². The Hall–Kier alpha value is -4.38. The molecule has 0 fully saturated rings. The van der Waals surface area contributed by atoms with Crippen molar-refractivity contribution in [2.24, 2.45) is 0 Å². The number of amides is 1. The number of hydrogen-bond acceptors (Lipinski definition) is 6. The van der Waals surface area contributed by atoms with Gasteiger partial charge in [0, 0.05) is 41.5 Å². The standard InChI is InChI=1S/C30H29F3N4O4/c1-17-25-22(16-35-26(17)27(38)41-29(2,3)4)24(10-12-34-25)40-21-8-9-23-18(14-21)11-13-37(23)28(39)36-20-7-5-6-19(15-20)30(31,32)33/h5-15,17,26,35H,16H2,1-4H3,(H,36,39). The van der Waals surface area contributed by atoms with Crippen LogP contribution in [0.4, 0.5) is 23.7 Å². The molecular weight excluding hydrogens is 537 g/mol. The maximum atomic E-state index is 13.0. The molecular formula is C30H29F3N4O4. The van der Waals surface area contributed by atoms with Crippen LogP contribution in [0.5, 0.6) is 11.5 Å². The number of fused-ring (bicyclic) bond motifs is 2. The SMILES string of the molecule is CC1c2nccc(Oc3ccc4c(ccn4C(=O)Nc4cccc(C(F)(F)F)c4)c3)c2CNC1C(=O)OC(C)(C)C. The second-order valence-corrected chi connectivity index (χ2v) is 10.9. The first-order valence-corrected chi connectivity index (χ1v) is 13.0. The van der Waals surface area contributed by atoms with Crippen molar-refractivity contribution in [3.05, 3.63) is 83.8 Å². The van der Waals surface area contributed by atoms with E-state index in [9.17, 15) is 22.8 Å². The summed E-state index contributed by atoms with van der Waals surface area (Å²) in [5.74, 6) is 0.516. The molecule has 2 aromatic carbocycles. The van der Waals surface area contributed by atoms with Crippen LogP contribution < -0.4 is 15.4 Å². The summed E-state index contributed by atoms with van der Waals surface area (Å²) in [6, 6.07) is 11.9. The molecule has 214 valence electrons. The van der Waals surface area contributed by atoms with E-state index in [-0.39, 0.29) is 17.6 Å². The maximum absolute atomic E-state index is 13.0. The van der Waals surface area contributed by atoms with E-state index in [4.69, 9.17) is 9.47 Å². The molecule has 0 bridgehead atoms. The molecule has 11 heteroatoms. The fraction of sp³-hybridized carbons (Fsp3) is 0.300. The van der Waals surface area contributed by atoms with E-state index < -0.39 is 29.4 Å². The highest BCUT2D eigenvalue weighted by Gasteiger charge is 2.36. The van der Waals surface area contributed by atoms with Crippen LogP contribution in [-0.2, 0) is 22.3 Å². The van der Waals surface area contributed by atoms with Crippen LogP contribution in [-0.4, -0.2) is 33.2 Å². The number of carbonyl (C=O) groups is 2. The molecule has 8 nitrogen and oxygen atoms in total. The van der Waals surface area contributed by atoms with Crippen LogP contribution in [0.15, 0.2) is 67.0 Å². The summed E-state index contributed by atoms with van der Waals surface area (Å²) >= 11 is 0. The lowest BCUT2D eigenvalue weighted by Crippen LogP contribution is -2.47. The molecule has 0 saturated carbocycles. The van der Waals surface area contributed by atoms with Gasteiger partial charge in [0.2, 0.25) is 0 Å². The van der Waals surface area contributed by atoms with Gasteiger partial charge in [-0.1, -0.05) is 13.0 Å². The summed E-state index contributed by atoms with van der Waals surface area (Å²) in [7, 11) is 0. The van der Waals surface area contributed by atoms with Crippen LogP contribution in [0.1, 0.15) is 50.4 Å². The topological polar surface area (TPSA) is 94.5 Å². The van der Waals surface area contributed by atoms with Gasteiger partial charge in [0.25, 0.3) is 0 Å². The van der Waals surface area contributed by atoms with Gasteiger partial charge in [-0.3, -0.25) is 19.7 Å². The van der Waals surface area contributed by atoms with Crippen molar-refractivity contribution >= 4 is 28.6 Å². The third-order valence-electron chi connectivity index (χ3n) is 6.69. The van der Waals surface area contributed by atoms with Gasteiger partial charge < -0.3 is 14.8 Å². The predicted molar refractivity (Wildman–Crippen MR) is 147 cm³/mol. The summed E-state index contributed by atoms with van der Waals surface area (Å²) in [5, 5.41) is 6.45. The summed E-state index contributed by atoms with van der Waals surface area (Å²) in [4.78, 5) is 30.1. The number of hydrogen-bond donors (Lipinski definition) is 2. The molecule has 0 saturated heterocycles. The van der Waals surface area contributed by atoms with Gasteiger partial charge >= 0.3 is 18.2 Å². The molecule has 1 amide bonds. The first-order valence-electron chi connectivity index (χ1n) is 13.0. The van der Waals surface area contributed by atoms with Crippen molar-refractivity contribution in [3.8, 4) is 11.5 Å². The van der Waals surface area contributed by atoms with E-state index in [1.54, 1.807) is 36.5 Å². The molecule has 0 spiro atoms. The van der Waals surface area contributed by atoms with Crippen LogP contribution in [0, 0.1) is 0 Å². The number of benzene rings is 2. The van der Waals surface area contributed by atoms with Crippen molar-refractivity contribution in [2.75, 3.05) is 5.32 Å². The maximum Gasteiger partial charge on any atom is 0.416 e. The predicted octanol–water partition coefficient (Wildman–Crippen LogP) is 6.84. The molecule has 41 heavy (non-hydrogen) atoms. The third-order valence-corrected chi connectivity index (χ3v) is 6.69. The van der Waals surface area contributed by atoms with Crippen molar-refractivity contribution < 1.29 is 32.2 Å². The van der Waals surface area contributed by atoms with Crippen molar-refractivity contribution in [3.63, 3.8) is 0 Å². The number of anilines is 1. The van der Waals surface area contributed by atoms with Gasteiger partial charge in [0.05, 0.1) is 16.8 Å². The van der Waals surface area contributed by atoms with Crippen molar-refractivity contribution in [2.45, 2.75) is 58.0 Å². The number of pyridine rings is 1. The molecule has 4 aromatic rings. The van der Waals surface area contributed by atoms with Gasteiger partial charge in [0.1, 0.15) is 23.1 Å². The highest BCUT2D eigenvalue weighted by atomic mass is 19.4. The molecule has 2 unspecified atom stereocenters. The molecule has 1 aliphatic heterocycles. The lowest BCUT2D eigenvalue weighted by Gasteiger charge is -2.32. The Morgan fingerprint density at radius 1 is 1.07 bits per heavy atom. The van der Waals surface area contributed by atoms with E-state index in [1.807, 2.05) is 27.7 Å². The van der Waals surface area contributed by atoms with Crippen LogP contribution in [0.3, 0.4) is 0 Å². The first-order chi connectivity index (χ1) is 19.3. The number of alkyl halides is 3. The number of nitrogens with zero attached hydrogens (tertiary/aromatic N) is 2. The minimum absolute atomic E-state index is 0.0332. The molecule has 2 N–H and O–H groups in total. The minimum atomic E-state index is -4.51. The van der Waals surface area contributed by atoms with Crippen molar-refractivity contribution in [1.29, 1.82) is 0 Å². The molecule has 2 aromatic heterocycles. The van der Waals surface area contributed by atoms with Crippen LogP contribution in [0.25, 0.3) is 10.9 Å². The Kier molecular flexibility index (Phi) is 7.24. The molecule has 5 rings (SSSR count). The van der Waals surface area contributed by atoms with Gasteiger partial charge in [-0.25, -0.2) is 4.79 Å². The average molecular weight is 567 g/mol. The van der Waals surface area contributed by atoms with E-state index in [2.05, 4.69) is 15.6 Å². The summed E-state index contributed by atoms with van der Waals surface area (Å²) in [6.07, 6.45) is -1.34.